The minimum absolute atomic E-state index is 0.794. The molecule has 0 saturated heterocycles. The topological polar surface area (TPSA) is 37.0 Å². The molecule has 0 unspecified atom stereocenters. The third-order valence-electron chi connectivity index (χ3n) is 3.08. The van der Waals surface area contributed by atoms with Crippen LogP contribution in [-0.2, 0) is 9.47 Å². The number of hydrogen-bond donors (Lipinski definition) is 1. The first-order valence-electron chi connectivity index (χ1n) is 7.94. The first-order chi connectivity index (χ1) is 9.70. The van der Waals surface area contributed by atoms with E-state index in [2.05, 4.69) is 29.2 Å². The Balaban J connectivity index is 3.61. The first kappa shape index (κ1) is 19.8. The fraction of sp³-hybridized carbons (Fsp3) is 1.00. The van der Waals surface area contributed by atoms with Gasteiger partial charge in [-0.25, -0.2) is 0 Å². The Labute approximate surface area is 125 Å². The van der Waals surface area contributed by atoms with Crippen LogP contribution in [-0.4, -0.2) is 89.6 Å². The van der Waals surface area contributed by atoms with Crippen LogP contribution in [0.15, 0.2) is 0 Å². The summed E-state index contributed by atoms with van der Waals surface area (Å²) in [7, 11) is 4.23. The molecule has 0 aromatic carbocycles. The Bertz CT molecular complexity index is 182. The van der Waals surface area contributed by atoms with Crippen molar-refractivity contribution in [1.29, 1.82) is 0 Å². The molecule has 0 saturated carbocycles. The Morgan fingerprint density at radius 2 is 1.40 bits per heavy atom. The van der Waals surface area contributed by atoms with Gasteiger partial charge >= 0.3 is 0 Å². The first-order valence-corrected chi connectivity index (χ1v) is 7.94. The van der Waals surface area contributed by atoms with Crippen molar-refractivity contribution < 1.29 is 9.47 Å². The highest BCUT2D eigenvalue weighted by molar-refractivity contribution is 4.60. The summed E-state index contributed by atoms with van der Waals surface area (Å²) in [6.45, 7) is 13.6. The molecule has 0 bridgehead atoms. The van der Waals surface area contributed by atoms with Crippen molar-refractivity contribution in [2.45, 2.75) is 20.3 Å². The number of ether oxygens (including phenoxy) is 2. The summed E-state index contributed by atoms with van der Waals surface area (Å²) in [6.07, 6.45) is 1.20. The van der Waals surface area contributed by atoms with Gasteiger partial charge in [-0.2, -0.15) is 0 Å². The van der Waals surface area contributed by atoms with Crippen LogP contribution in [0, 0.1) is 0 Å². The molecule has 0 aliphatic heterocycles. The molecule has 0 fully saturated rings. The van der Waals surface area contributed by atoms with E-state index in [0.717, 1.165) is 65.7 Å². The van der Waals surface area contributed by atoms with Gasteiger partial charge in [0.1, 0.15) is 0 Å². The van der Waals surface area contributed by atoms with Crippen molar-refractivity contribution >= 4 is 0 Å². The van der Waals surface area contributed by atoms with Gasteiger partial charge in [-0.05, 0) is 47.5 Å². The molecular weight excluding hydrogens is 254 g/mol. The Morgan fingerprint density at radius 1 is 0.800 bits per heavy atom. The highest BCUT2D eigenvalue weighted by Crippen LogP contribution is 1.90. The quantitative estimate of drug-likeness (QED) is 0.453. The summed E-state index contributed by atoms with van der Waals surface area (Å²) < 4.78 is 10.9. The van der Waals surface area contributed by atoms with Crippen molar-refractivity contribution in [2.75, 3.05) is 79.8 Å². The van der Waals surface area contributed by atoms with Crippen molar-refractivity contribution in [1.82, 2.24) is 15.1 Å². The van der Waals surface area contributed by atoms with Crippen LogP contribution < -0.4 is 5.32 Å². The van der Waals surface area contributed by atoms with Gasteiger partial charge in [-0.1, -0.05) is 0 Å². The monoisotopic (exact) mass is 289 g/mol. The molecule has 5 nitrogen and oxygen atoms in total. The SMILES string of the molecule is CCOCCN(CCNCCCN(C)C)CCOCC. The Morgan fingerprint density at radius 3 is 1.90 bits per heavy atom. The molecule has 20 heavy (non-hydrogen) atoms. The van der Waals surface area contributed by atoms with Crippen LogP contribution in [0.3, 0.4) is 0 Å². The smallest absolute Gasteiger partial charge is 0.0593 e. The van der Waals surface area contributed by atoms with Crippen LogP contribution >= 0.6 is 0 Å². The van der Waals surface area contributed by atoms with E-state index >= 15 is 0 Å². The second-order valence-corrected chi connectivity index (χ2v) is 5.14. The van der Waals surface area contributed by atoms with E-state index in [0.29, 0.717) is 0 Å². The van der Waals surface area contributed by atoms with Crippen molar-refractivity contribution in [2.24, 2.45) is 0 Å². The Kier molecular flexibility index (Phi) is 15.0. The summed E-state index contributed by atoms with van der Waals surface area (Å²) in [5.74, 6) is 0. The average Bonchev–Trinajstić information content (AvgIpc) is 2.42. The second kappa shape index (κ2) is 15.2. The largest absolute Gasteiger partial charge is 0.380 e. The van der Waals surface area contributed by atoms with E-state index in [9.17, 15) is 0 Å². The third-order valence-corrected chi connectivity index (χ3v) is 3.08. The molecule has 0 aromatic rings. The third kappa shape index (κ3) is 14.2. The zero-order valence-electron chi connectivity index (χ0n) is 14.0. The fourth-order valence-corrected chi connectivity index (χ4v) is 1.89. The molecule has 0 aliphatic carbocycles. The van der Waals surface area contributed by atoms with E-state index in [1.807, 2.05) is 13.8 Å². The van der Waals surface area contributed by atoms with E-state index < -0.39 is 0 Å². The summed E-state index contributed by atoms with van der Waals surface area (Å²) in [5, 5.41) is 3.50. The molecule has 5 heteroatoms. The average molecular weight is 289 g/mol. The van der Waals surface area contributed by atoms with E-state index in [4.69, 9.17) is 9.47 Å². The molecule has 1 N–H and O–H groups in total. The molecule has 0 atom stereocenters. The number of hydrogen-bond acceptors (Lipinski definition) is 5. The van der Waals surface area contributed by atoms with Gasteiger partial charge in [0.2, 0.25) is 0 Å². The lowest BCUT2D eigenvalue weighted by Crippen LogP contribution is -2.37. The fourth-order valence-electron chi connectivity index (χ4n) is 1.89. The summed E-state index contributed by atoms with van der Waals surface area (Å²) in [4.78, 5) is 4.63. The molecule has 0 spiro atoms. The van der Waals surface area contributed by atoms with Gasteiger partial charge in [0.25, 0.3) is 0 Å². The van der Waals surface area contributed by atoms with Crippen LogP contribution in [0.25, 0.3) is 0 Å². The number of nitrogens with one attached hydrogen (secondary N) is 1. The predicted molar refractivity (Wildman–Crippen MR) is 85.5 cm³/mol. The number of nitrogens with zero attached hydrogens (tertiary/aromatic N) is 2. The molecule has 0 radical (unpaired) electrons. The normalized spacial score (nSPS) is 11.7. The molecule has 0 amide bonds. The zero-order chi connectivity index (χ0) is 15.1. The van der Waals surface area contributed by atoms with Crippen LogP contribution in [0.1, 0.15) is 20.3 Å². The zero-order valence-corrected chi connectivity index (χ0v) is 14.0. The molecule has 122 valence electrons. The van der Waals surface area contributed by atoms with Gasteiger partial charge in [0, 0.05) is 39.4 Å². The molecule has 0 rings (SSSR count). The number of rotatable bonds is 15. The maximum Gasteiger partial charge on any atom is 0.0593 e. The van der Waals surface area contributed by atoms with Crippen molar-refractivity contribution in [3.05, 3.63) is 0 Å². The van der Waals surface area contributed by atoms with E-state index in [1.165, 1.54) is 6.42 Å². The van der Waals surface area contributed by atoms with Gasteiger partial charge < -0.3 is 19.7 Å². The lowest BCUT2D eigenvalue weighted by Gasteiger charge is -2.22. The predicted octanol–water partition coefficient (Wildman–Crippen LogP) is 0.903. The van der Waals surface area contributed by atoms with Crippen molar-refractivity contribution in [3.8, 4) is 0 Å². The molecule has 0 aliphatic rings. The molecular formula is C15H35N3O2. The standard InChI is InChI=1S/C15H35N3O2/c1-5-19-14-12-18(13-15-20-6-2)11-9-16-8-7-10-17(3)4/h16H,5-15H2,1-4H3. The highest BCUT2D eigenvalue weighted by atomic mass is 16.5. The van der Waals surface area contributed by atoms with E-state index in [1.54, 1.807) is 0 Å². The maximum absolute atomic E-state index is 5.43. The summed E-state index contributed by atoms with van der Waals surface area (Å²) >= 11 is 0. The van der Waals surface area contributed by atoms with Gasteiger partial charge in [-0.3, -0.25) is 4.90 Å². The van der Waals surface area contributed by atoms with Crippen molar-refractivity contribution in [3.63, 3.8) is 0 Å². The lowest BCUT2D eigenvalue weighted by molar-refractivity contribution is 0.0832. The minimum atomic E-state index is 0.794. The van der Waals surface area contributed by atoms with E-state index in [-0.39, 0.29) is 0 Å². The van der Waals surface area contributed by atoms with Gasteiger partial charge in [-0.15, -0.1) is 0 Å². The van der Waals surface area contributed by atoms with Crippen LogP contribution in [0.2, 0.25) is 0 Å². The summed E-state index contributed by atoms with van der Waals surface area (Å²) in [6, 6.07) is 0. The second-order valence-electron chi connectivity index (χ2n) is 5.14. The van der Waals surface area contributed by atoms with Crippen LogP contribution in [0.5, 0.6) is 0 Å². The lowest BCUT2D eigenvalue weighted by atomic mass is 10.4. The molecule has 0 aromatic heterocycles. The minimum Gasteiger partial charge on any atom is -0.380 e. The van der Waals surface area contributed by atoms with Gasteiger partial charge in [0.15, 0.2) is 0 Å². The maximum atomic E-state index is 5.43. The summed E-state index contributed by atoms with van der Waals surface area (Å²) in [5.41, 5.74) is 0. The highest BCUT2D eigenvalue weighted by Gasteiger charge is 2.04. The van der Waals surface area contributed by atoms with Crippen LogP contribution in [0.4, 0.5) is 0 Å². The Hall–Kier alpha value is -0.200. The van der Waals surface area contributed by atoms with Gasteiger partial charge in [0.05, 0.1) is 13.2 Å². The molecule has 0 heterocycles.